The summed E-state index contributed by atoms with van der Waals surface area (Å²) in [6.07, 6.45) is 0.301. The topological polar surface area (TPSA) is 12.5 Å². The first-order chi connectivity index (χ1) is 10.0. The lowest BCUT2D eigenvalue weighted by atomic mass is 10.1. The fourth-order valence-corrected chi connectivity index (χ4v) is 3.71. The van der Waals surface area contributed by atoms with Gasteiger partial charge in [0.05, 0.1) is 11.7 Å². The van der Waals surface area contributed by atoms with Crippen molar-refractivity contribution in [3.8, 4) is 0 Å². The summed E-state index contributed by atoms with van der Waals surface area (Å²) in [7, 11) is 0. The zero-order valence-corrected chi connectivity index (χ0v) is 12.4. The Bertz CT molecular complexity index is 574. The van der Waals surface area contributed by atoms with Crippen LogP contribution in [0, 0.1) is 0 Å². The SMILES string of the molecule is FC(F)(F)SC1CC(c2ccsc2)N(c2ccccc2)O1. The molecule has 1 aliphatic heterocycles. The van der Waals surface area contributed by atoms with E-state index in [9.17, 15) is 13.2 Å². The predicted octanol–water partition coefficient (Wildman–Crippen LogP) is 5.21. The van der Waals surface area contributed by atoms with Crippen LogP contribution in [0.4, 0.5) is 18.9 Å². The van der Waals surface area contributed by atoms with E-state index in [4.69, 9.17) is 4.84 Å². The summed E-state index contributed by atoms with van der Waals surface area (Å²) in [6.45, 7) is 0. The van der Waals surface area contributed by atoms with Gasteiger partial charge in [-0.15, -0.1) is 0 Å². The molecule has 1 fully saturated rings. The Hall–Kier alpha value is -1.18. The number of rotatable bonds is 3. The lowest BCUT2D eigenvalue weighted by molar-refractivity contribution is -0.0362. The molecule has 2 aromatic rings. The molecule has 0 saturated carbocycles. The van der Waals surface area contributed by atoms with Gasteiger partial charge in [0.2, 0.25) is 0 Å². The van der Waals surface area contributed by atoms with Gasteiger partial charge in [-0.3, -0.25) is 4.84 Å². The normalized spacial score (nSPS) is 22.7. The van der Waals surface area contributed by atoms with E-state index in [1.54, 1.807) is 5.06 Å². The monoisotopic (exact) mass is 331 g/mol. The van der Waals surface area contributed by atoms with E-state index >= 15 is 0 Å². The Kier molecular flexibility index (Phi) is 4.14. The van der Waals surface area contributed by atoms with Gasteiger partial charge in [0.1, 0.15) is 5.44 Å². The third-order valence-corrected chi connectivity index (χ3v) is 4.64. The summed E-state index contributed by atoms with van der Waals surface area (Å²) < 4.78 is 37.7. The van der Waals surface area contributed by atoms with Crippen LogP contribution >= 0.6 is 23.1 Å². The van der Waals surface area contributed by atoms with Gasteiger partial charge in [0, 0.05) is 6.42 Å². The molecule has 112 valence electrons. The molecule has 1 aromatic heterocycles. The lowest BCUT2D eigenvalue weighted by Gasteiger charge is -2.24. The summed E-state index contributed by atoms with van der Waals surface area (Å²) in [5, 5.41) is 5.46. The van der Waals surface area contributed by atoms with Crippen LogP contribution < -0.4 is 5.06 Å². The maximum Gasteiger partial charge on any atom is 0.444 e. The molecule has 0 spiro atoms. The highest BCUT2D eigenvalue weighted by Gasteiger charge is 2.42. The molecular formula is C14H12F3NOS2. The number of thiophene rings is 1. The van der Waals surface area contributed by atoms with Crippen LogP contribution in [0.5, 0.6) is 0 Å². The third kappa shape index (κ3) is 3.53. The molecule has 0 amide bonds. The maximum absolute atomic E-state index is 12.6. The van der Waals surface area contributed by atoms with E-state index in [0.29, 0.717) is 6.42 Å². The van der Waals surface area contributed by atoms with Gasteiger partial charge in [-0.1, -0.05) is 18.2 Å². The predicted molar refractivity (Wildman–Crippen MR) is 79.1 cm³/mol. The number of thioether (sulfide) groups is 1. The Morgan fingerprint density at radius 3 is 2.57 bits per heavy atom. The van der Waals surface area contributed by atoms with Gasteiger partial charge in [0.25, 0.3) is 0 Å². The second-order valence-electron chi connectivity index (χ2n) is 4.57. The standard InChI is InChI=1S/C14H12F3NOS2/c15-14(16,17)21-13-8-12(10-6-7-20-9-10)18(19-13)11-4-2-1-3-5-11/h1-7,9,12-13H,8H2. The average Bonchev–Trinajstić information content (AvgIpc) is 3.06. The Morgan fingerprint density at radius 2 is 1.95 bits per heavy atom. The van der Waals surface area contributed by atoms with E-state index in [0.717, 1.165) is 11.3 Å². The number of alkyl halides is 3. The van der Waals surface area contributed by atoms with Crippen molar-refractivity contribution in [2.45, 2.75) is 23.4 Å². The number of hydrogen-bond acceptors (Lipinski definition) is 4. The van der Waals surface area contributed by atoms with E-state index < -0.39 is 10.9 Å². The first kappa shape index (κ1) is 14.7. The number of para-hydroxylation sites is 1. The summed E-state index contributed by atoms with van der Waals surface area (Å²) in [5.41, 5.74) is -3.47. The van der Waals surface area contributed by atoms with Crippen LogP contribution in [0.2, 0.25) is 0 Å². The molecule has 21 heavy (non-hydrogen) atoms. The Morgan fingerprint density at radius 1 is 1.19 bits per heavy atom. The zero-order chi connectivity index (χ0) is 14.9. The van der Waals surface area contributed by atoms with Crippen LogP contribution in [0.3, 0.4) is 0 Å². The molecule has 1 saturated heterocycles. The number of nitrogens with zero attached hydrogens (tertiary/aromatic N) is 1. The third-order valence-electron chi connectivity index (χ3n) is 3.13. The summed E-state index contributed by atoms with van der Waals surface area (Å²) in [4.78, 5) is 5.54. The minimum atomic E-state index is -4.30. The summed E-state index contributed by atoms with van der Waals surface area (Å²) in [5.74, 6) is 0. The fraction of sp³-hybridized carbons (Fsp3) is 0.286. The highest BCUT2D eigenvalue weighted by Crippen LogP contribution is 2.46. The fourth-order valence-electron chi connectivity index (χ4n) is 2.29. The number of hydroxylamine groups is 1. The van der Waals surface area contributed by atoms with Crippen molar-refractivity contribution in [1.82, 2.24) is 0 Å². The molecule has 0 aliphatic carbocycles. The largest absolute Gasteiger partial charge is 0.444 e. The number of anilines is 1. The van der Waals surface area contributed by atoms with Crippen LogP contribution in [0.1, 0.15) is 18.0 Å². The van der Waals surface area contributed by atoms with Gasteiger partial charge in [0.15, 0.2) is 0 Å². The van der Waals surface area contributed by atoms with E-state index in [2.05, 4.69) is 0 Å². The quantitative estimate of drug-likeness (QED) is 0.766. The van der Waals surface area contributed by atoms with Crippen molar-refractivity contribution < 1.29 is 18.0 Å². The van der Waals surface area contributed by atoms with Crippen LogP contribution in [0.25, 0.3) is 0 Å². The average molecular weight is 331 g/mol. The highest BCUT2D eigenvalue weighted by molar-refractivity contribution is 8.00. The second kappa shape index (κ2) is 5.90. The second-order valence-corrected chi connectivity index (χ2v) is 6.57. The van der Waals surface area contributed by atoms with Crippen molar-refractivity contribution in [3.05, 3.63) is 52.7 Å². The van der Waals surface area contributed by atoms with Crippen molar-refractivity contribution in [2.24, 2.45) is 0 Å². The lowest BCUT2D eigenvalue weighted by Crippen LogP contribution is -2.21. The van der Waals surface area contributed by atoms with Gasteiger partial charge < -0.3 is 0 Å². The van der Waals surface area contributed by atoms with E-state index in [-0.39, 0.29) is 17.8 Å². The van der Waals surface area contributed by atoms with Crippen LogP contribution in [-0.2, 0) is 4.84 Å². The molecule has 0 bridgehead atoms. The Balaban J connectivity index is 1.85. The first-order valence-electron chi connectivity index (χ1n) is 6.30. The zero-order valence-electron chi connectivity index (χ0n) is 10.8. The van der Waals surface area contributed by atoms with Gasteiger partial charge in [-0.25, -0.2) is 5.06 Å². The van der Waals surface area contributed by atoms with Gasteiger partial charge >= 0.3 is 5.51 Å². The molecule has 3 rings (SSSR count). The minimum Gasteiger partial charge on any atom is -0.258 e. The molecule has 1 aliphatic rings. The molecule has 2 heterocycles. The molecule has 2 atom stereocenters. The van der Waals surface area contributed by atoms with Crippen molar-refractivity contribution in [3.63, 3.8) is 0 Å². The van der Waals surface area contributed by atoms with Gasteiger partial charge in [-0.05, 0) is 46.3 Å². The number of halogens is 3. The maximum atomic E-state index is 12.6. The molecule has 7 heteroatoms. The van der Waals surface area contributed by atoms with Crippen LogP contribution in [0.15, 0.2) is 47.2 Å². The van der Waals surface area contributed by atoms with E-state index in [1.165, 1.54) is 11.3 Å². The molecule has 2 unspecified atom stereocenters. The van der Waals surface area contributed by atoms with Gasteiger partial charge in [-0.2, -0.15) is 24.5 Å². The van der Waals surface area contributed by atoms with Crippen molar-refractivity contribution in [2.75, 3.05) is 5.06 Å². The number of hydrogen-bond donors (Lipinski definition) is 0. The Labute approximate surface area is 128 Å². The molecule has 0 N–H and O–H groups in total. The summed E-state index contributed by atoms with van der Waals surface area (Å²) in [6, 6.07) is 10.9. The summed E-state index contributed by atoms with van der Waals surface area (Å²) >= 11 is 1.43. The van der Waals surface area contributed by atoms with Crippen LogP contribution in [-0.4, -0.2) is 10.9 Å². The molecule has 0 radical (unpaired) electrons. The van der Waals surface area contributed by atoms with Crippen molar-refractivity contribution >= 4 is 28.8 Å². The van der Waals surface area contributed by atoms with Crippen molar-refractivity contribution in [1.29, 1.82) is 0 Å². The smallest absolute Gasteiger partial charge is 0.258 e. The first-order valence-corrected chi connectivity index (χ1v) is 8.13. The molecule has 1 aromatic carbocycles. The number of benzene rings is 1. The molecular weight excluding hydrogens is 319 g/mol. The minimum absolute atomic E-state index is 0.0967. The molecule has 2 nitrogen and oxygen atoms in total. The highest BCUT2D eigenvalue weighted by atomic mass is 32.2. The van der Waals surface area contributed by atoms with E-state index in [1.807, 2.05) is 47.2 Å².